The highest BCUT2D eigenvalue weighted by Gasteiger charge is 2.59. The van der Waals surface area contributed by atoms with Gasteiger partial charge in [0, 0.05) is 5.54 Å². The van der Waals surface area contributed by atoms with Crippen molar-refractivity contribution in [2.75, 3.05) is 7.11 Å². The number of carbonyl (C=O) groups excluding carboxylic acids is 1. The lowest BCUT2D eigenvalue weighted by Crippen LogP contribution is -2.46. The number of methoxy groups -OCH3 is 1. The van der Waals surface area contributed by atoms with E-state index in [1.54, 1.807) is 0 Å². The summed E-state index contributed by atoms with van der Waals surface area (Å²) in [6, 6.07) is 19.8. The predicted octanol–water partition coefficient (Wildman–Crippen LogP) is 2.17. The van der Waals surface area contributed by atoms with Gasteiger partial charge in [-0.05, 0) is 24.0 Å². The SMILES string of the molecule is COC(=O)C1CC1(N)CC(N)(c1ccccc1)c1ccccc1. The van der Waals surface area contributed by atoms with Gasteiger partial charge >= 0.3 is 5.97 Å². The Hall–Kier alpha value is -2.17. The Morgan fingerprint density at radius 3 is 2.04 bits per heavy atom. The van der Waals surface area contributed by atoms with Crippen LogP contribution < -0.4 is 11.5 Å². The first-order valence-electron chi connectivity index (χ1n) is 7.76. The Morgan fingerprint density at radius 2 is 1.61 bits per heavy atom. The van der Waals surface area contributed by atoms with E-state index in [1.807, 2.05) is 60.7 Å². The van der Waals surface area contributed by atoms with Crippen LogP contribution in [0.25, 0.3) is 0 Å². The van der Waals surface area contributed by atoms with Crippen LogP contribution in [0.5, 0.6) is 0 Å². The lowest BCUT2D eigenvalue weighted by Gasteiger charge is -2.34. The van der Waals surface area contributed by atoms with Crippen molar-refractivity contribution >= 4 is 5.97 Å². The maximum absolute atomic E-state index is 11.8. The zero-order chi connectivity index (χ0) is 16.5. The number of hydrogen-bond donors (Lipinski definition) is 2. The van der Waals surface area contributed by atoms with E-state index in [1.165, 1.54) is 7.11 Å². The summed E-state index contributed by atoms with van der Waals surface area (Å²) in [6.45, 7) is 0. The predicted molar refractivity (Wildman–Crippen MR) is 89.5 cm³/mol. The second kappa shape index (κ2) is 5.80. The first kappa shape index (κ1) is 15.7. The molecule has 120 valence electrons. The molecule has 2 aromatic carbocycles. The molecular weight excluding hydrogens is 288 g/mol. The highest BCUT2D eigenvalue weighted by atomic mass is 16.5. The highest BCUT2D eigenvalue weighted by Crippen LogP contribution is 2.50. The third kappa shape index (κ3) is 2.87. The standard InChI is InChI=1S/C19H22N2O2/c1-23-17(22)16-12-18(16,20)13-19(21,14-8-4-2-5-9-14)15-10-6-3-7-11-15/h2-11,16H,12-13,20-21H2,1H3. The summed E-state index contributed by atoms with van der Waals surface area (Å²) in [5.74, 6) is -0.529. The van der Waals surface area contributed by atoms with E-state index in [0.717, 1.165) is 11.1 Å². The van der Waals surface area contributed by atoms with E-state index in [4.69, 9.17) is 16.2 Å². The fraction of sp³-hybridized carbons (Fsp3) is 0.316. The van der Waals surface area contributed by atoms with E-state index in [2.05, 4.69) is 0 Å². The molecule has 23 heavy (non-hydrogen) atoms. The minimum Gasteiger partial charge on any atom is -0.469 e. The third-order valence-corrected chi connectivity index (χ3v) is 4.79. The summed E-state index contributed by atoms with van der Waals surface area (Å²) in [4.78, 5) is 11.8. The molecule has 4 nitrogen and oxygen atoms in total. The van der Waals surface area contributed by atoms with Gasteiger partial charge in [0.15, 0.2) is 0 Å². The van der Waals surface area contributed by atoms with Crippen molar-refractivity contribution in [1.82, 2.24) is 0 Å². The van der Waals surface area contributed by atoms with E-state index < -0.39 is 11.1 Å². The minimum atomic E-state index is -0.736. The second-order valence-corrected chi connectivity index (χ2v) is 6.39. The average molecular weight is 310 g/mol. The van der Waals surface area contributed by atoms with E-state index in [-0.39, 0.29) is 11.9 Å². The highest BCUT2D eigenvalue weighted by molar-refractivity contribution is 5.78. The van der Waals surface area contributed by atoms with Crippen molar-refractivity contribution in [3.05, 3.63) is 71.8 Å². The van der Waals surface area contributed by atoms with Gasteiger partial charge < -0.3 is 16.2 Å². The molecule has 0 radical (unpaired) electrons. The van der Waals surface area contributed by atoms with Gasteiger partial charge in [0.2, 0.25) is 0 Å². The molecule has 4 heteroatoms. The zero-order valence-corrected chi connectivity index (χ0v) is 13.2. The minimum absolute atomic E-state index is 0.254. The quantitative estimate of drug-likeness (QED) is 0.830. The largest absolute Gasteiger partial charge is 0.469 e. The van der Waals surface area contributed by atoms with E-state index >= 15 is 0 Å². The smallest absolute Gasteiger partial charge is 0.310 e. The number of nitrogens with two attached hydrogens (primary N) is 2. The van der Waals surface area contributed by atoms with Gasteiger partial charge in [-0.15, -0.1) is 0 Å². The van der Waals surface area contributed by atoms with Crippen molar-refractivity contribution < 1.29 is 9.53 Å². The summed E-state index contributed by atoms with van der Waals surface area (Å²) in [5, 5.41) is 0. The molecule has 1 fully saturated rings. The molecule has 0 spiro atoms. The molecule has 2 atom stereocenters. The van der Waals surface area contributed by atoms with Crippen LogP contribution in [0.4, 0.5) is 0 Å². The third-order valence-electron chi connectivity index (χ3n) is 4.79. The van der Waals surface area contributed by atoms with E-state index in [9.17, 15) is 4.79 Å². The number of esters is 1. The van der Waals surface area contributed by atoms with Crippen LogP contribution in [0, 0.1) is 5.92 Å². The Kier molecular flexibility index (Phi) is 3.96. The van der Waals surface area contributed by atoms with Crippen molar-refractivity contribution in [3.63, 3.8) is 0 Å². The molecule has 2 unspecified atom stereocenters. The first-order chi connectivity index (χ1) is 11.0. The van der Waals surface area contributed by atoms with Crippen LogP contribution in [-0.4, -0.2) is 18.6 Å². The molecule has 1 saturated carbocycles. The van der Waals surface area contributed by atoms with Gasteiger partial charge in [-0.25, -0.2) is 0 Å². The molecule has 0 amide bonds. The van der Waals surface area contributed by atoms with Gasteiger partial charge in [0.25, 0.3) is 0 Å². The molecule has 1 aliphatic carbocycles. The van der Waals surface area contributed by atoms with Crippen molar-refractivity contribution in [2.24, 2.45) is 17.4 Å². The number of rotatable bonds is 5. The Balaban J connectivity index is 1.97. The Labute approximate surface area is 136 Å². The van der Waals surface area contributed by atoms with Crippen LogP contribution in [0.2, 0.25) is 0 Å². The molecule has 0 bridgehead atoms. The first-order valence-corrected chi connectivity index (χ1v) is 7.76. The summed E-state index contributed by atoms with van der Waals surface area (Å²) >= 11 is 0. The topological polar surface area (TPSA) is 78.3 Å². The van der Waals surface area contributed by atoms with Gasteiger partial charge in [-0.2, -0.15) is 0 Å². The Morgan fingerprint density at radius 1 is 1.13 bits per heavy atom. The summed E-state index contributed by atoms with van der Waals surface area (Å²) in [7, 11) is 1.39. The molecule has 0 saturated heterocycles. The maximum atomic E-state index is 11.8. The molecular formula is C19H22N2O2. The number of ether oxygens (including phenoxy) is 1. The summed E-state index contributed by atoms with van der Waals surface area (Å²) < 4.78 is 4.84. The molecule has 3 rings (SSSR count). The lowest BCUT2D eigenvalue weighted by atomic mass is 9.77. The molecule has 4 N–H and O–H groups in total. The van der Waals surface area contributed by atoms with Crippen LogP contribution in [-0.2, 0) is 15.1 Å². The Bertz CT molecular complexity index is 648. The lowest BCUT2D eigenvalue weighted by molar-refractivity contribution is -0.142. The van der Waals surface area contributed by atoms with Crippen LogP contribution in [0.1, 0.15) is 24.0 Å². The van der Waals surface area contributed by atoms with Crippen molar-refractivity contribution in [3.8, 4) is 0 Å². The second-order valence-electron chi connectivity index (χ2n) is 6.39. The summed E-state index contributed by atoms with van der Waals surface area (Å²) in [5.41, 5.74) is 13.9. The van der Waals surface area contributed by atoms with E-state index in [0.29, 0.717) is 12.8 Å². The van der Waals surface area contributed by atoms with Crippen LogP contribution >= 0.6 is 0 Å². The number of carbonyl (C=O) groups is 1. The van der Waals surface area contributed by atoms with Gasteiger partial charge in [-0.1, -0.05) is 60.7 Å². The van der Waals surface area contributed by atoms with Crippen molar-refractivity contribution in [1.29, 1.82) is 0 Å². The van der Waals surface area contributed by atoms with Crippen LogP contribution in [0.3, 0.4) is 0 Å². The summed E-state index contributed by atoms with van der Waals surface area (Å²) in [6.07, 6.45) is 1.10. The maximum Gasteiger partial charge on any atom is 0.310 e. The fourth-order valence-electron chi connectivity index (χ4n) is 3.34. The molecule has 2 aromatic rings. The molecule has 0 aliphatic heterocycles. The average Bonchev–Trinajstić information content (AvgIpc) is 3.26. The number of benzene rings is 2. The molecule has 0 heterocycles. The van der Waals surface area contributed by atoms with Gasteiger partial charge in [0.05, 0.1) is 18.6 Å². The van der Waals surface area contributed by atoms with Gasteiger partial charge in [0.1, 0.15) is 0 Å². The normalized spacial score (nSPS) is 23.3. The molecule has 0 aromatic heterocycles. The number of hydrogen-bond acceptors (Lipinski definition) is 4. The molecule has 1 aliphatic rings. The van der Waals surface area contributed by atoms with Crippen molar-refractivity contribution in [2.45, 2.75) is 23.9 Å². The van der Waals surface area contributed by atoms with Gasteiger partial charge in [-0.3, -0.25) is 4.79 Å². The van der Waals surface area contributed by atoms with Crippen LogP contribution in [0.15, 0.2) is 60.7 Å². The zero-order valence-electron chi connectivity index (χ0n) is 13.2. The fourth-order valence-corrected chi connectivity index (χ4v) is 3.34. The monoisotopic (exact) mass is 310 g/mol.